The minimum absolute atomic E-state index is 0.150. The summed E-state index contributed by atoms with van der Waals surface area (Å²) in [5, 5.41) is 2.82. The number of anilines is 1. The highest BCUT2D eigenvalue weighted by Crippen LogP contribution is 2.23. The number of nitrogens with zero attached hydrogens (tertiary/aromatic N) is 1. The van der Waals surface area contributed by atoms with Crippen LogP contribution in [0.25, 0.3) is 0 Å². The van der Waals surface area contributed by atoms with Crippen LogP contribution in [0.4, 0.5) is 5.69 Å². The normalized spacial score (nSPS) is 12.8. The molecule has 2 aromatic carbocycles. The van der Waals surface area contributed by atoms with Crippen molar-refractivity contribution in [3.05, 3.63) is 60.2 Å². The molecule has 0 radical (unpaired) electrons. The predicted octanol–water partition coefficient (Wildman–Crippen LogP) is 3.07. The van der Waals surface area contributed by atoms with Gasteiger partial charge in [-0.3, -0.25) is 4.79 Å². The molecule has 128 valence electrons. The van der Waals surface area contributed by atoms with Crippen molar-refractivity contribution in [3.8, 4) is 0 Å². The zero-order valence-corrected chi connectivity index (χ0v) is 14.9. The van der Waals surface area contributed by atoms with Crippen molar-refractivity contribution in [1.29, 1.82) is 0 Å². The van der Waals surface area contributed by atoms with Crippen molar-refractivity contribution in [2.45, 2.75) is 24.2 Å². The number of sulfonamides is 1. The maximum Gasteiger partial charge on any atom is 0.242 e. The molecule has 0 aliphatic heterocycles. The Hall–Kier alpha value is -2.18. The van der Waals surface area contributed by atoms with Crippen LogP contribution in [0, 0.1) is 0 Å². The lowest BCUT2D eigenvalue weighted by atomic mass is 9.95. The minimum atomic E-state index is -3.53. The van der Waals surface area contributed by atoms with Gasteiger partial charge in [-0.05, 0) is 30.2 Å². The van der Waals surface area contributed by atoms with E-state index in [1.807, 2.05) is 37.3 Å². The molecule has 0 spiro atoms. The number of rotatable bonds is 6. The molecular weight excluding hydrogens is 324 g/mol. The molecule has 0 aromatic heterocycles. The zero-order chi connectivity index (χ0) is 17.7. The molecule has 1 N–H and O–H groups in total. The van der Waals surface area contributed by atoms with Crippen LogP contribution in [0.3, 0.4) is 0 Å². The van der Waals surface area contributed by atoms with Gasteiger partial charge in [0.25, 0.3) is 0 Å². The average Bonchev–Trinajstić information content (AvgIpc) is 2.56. The molecule has 2 rings (SSSR count). The van der Waals surface area contributed by atoms with E-state index in [2.05, 4.69) is 5.32 Å². The van der Waals surface area contributed by atoms with Crippen molar-refractivity contribution in [2.75, 3.05) is 19.4 Å². The molecular formula is C18H22N2O3S. The smallest absolute Gasteiger partial charge is 0.242 e. The molecule has 1 amide bonds. The Bertz CT molecular complexity index is 802. The van der Waals surface area contributed by atoms with Gasteiger partial charge < -0.3 is 5.32 Å². The van der Waals surface area contributed by atoms with Gasteiger partial charge in [0.05, 0.1) is 10.8 Å². The number of benzene rings is 2. The van der Waals surface area contributed by atoms with Crippen molar-refractivity contribution in [1.82, 2.24) is 4.31 Å². The molecule has 6 heteroatoms. The summed E-state index contributed by atoms with van der Waals surface area (Å²) < 4.78 is 25.5. The summed E-state index contributed by atoms with van der Waals surface area (Å²) in [5.74, 6) is -0.427. The summed E-state index contributed by atoms with van der Waals surface area (Å²) in [7, 11) is -0.581. The maximum atomic E-state index is 12.6. The molecule has 0 saturated carbocycles. The molecule has 0 heterocycles. The quantitative estimate of drug-likeness (QED) is 0.874. The van der Waals surface area contributed by atoms with Crippen LogP contribution in [-0.4, -0.2) is 32.7 Å². The first kappa shape index (κ1) is 18.2. The van der Waals surface area contributed by atoms with E-state index >= 15 is 0 Å². The molecule has 0 aliphatic rings. The summed E-state index contributed by atoms with van der Waals surface area (Å²) in [5.41, 5.74) is 1.41. The van der Waals surface area contributed by atoms with Crippen LogP contribution in [0.5, 0.6) is 0 Å². The van der Waals surface area contributed by atoms with Gasteiger partial charge in [0.1, 0.15) is 0 Å². The summed E-state index contributed by atoms with van der Waals surface area (Å²) in [6, 6.07) is 15.8. The average molecular weight is 346 g/mol. The molecule has 0 bridgehead atoms. The predicted molar refractivity (Wildman–Crippen MR) is 95.4 cm³/mol. The second kappa shape index (κ2) is 7.59. The maximum absolute atomic E-state index is 12.6. The van der Waals surface area contributed by atoms with Gasteiger partial charge in [0.15, 0.2) is 0 Å². The van der Waals surface area contributed by atoms with E-state index in [4.69, 9.17) is 0 Å². The summed E-state index contributed by atoms with van der Waals surface area (Å²) in [6.45, 7) is 1.95. The number of amides is 1. The highest BCUT2D eigenvalue weighted by Gasteiger charge is 2.20. The number of carbonyl (C=O) groups is 1. The fourth-order valence-corrected chi connectivity index (χ4v) is 3.38. The monoisotopic (exact) mass is 346 g/mol. The third-order valence-corrected chi connectivity index (χ3v) is 5.62. The van der Waals surface area contributed by atoms with E-state index in [1.165, 1.54) is 26.2 Å². The van der Waals surface area contributed by atoms with Gasteiger partial charge >= 0.3 is 0 Å². The third-order valence-electron chi connectivity index (χ3n) is 3.81. The lowest BCUT2D eigenvalue weighted by Gasteiger charge is -2.16. The highest BCUT2D eigenvalue weighted by atomic mass is 32.2. The van der Waals surface area contributed by atoms with E-state index in [-0.39, 0.29) is 16.7 Å². The van der Waals surface area contributed by atoms with Crippen LogP contribution in [0.1, 0.15) is 24.8 Å². The van der Waals surface area contributed by atoms with Crippen LogP contribution in [-0.2, 0) is 14.8 Å². The molecule has 0 unspecified atom stereocenters. The van der Waals surface area contributed by atoms with Gasteiger partial charge in [-0.25, -0.2) is 12.7 Å². The van der Waals surface area contributed by atoms with Gasteiger partial charge in [0.2, 0.25) is 15.9 Å². The Balaban J connectivity index is 2.23. The number of hydrogen-bond acceptors (Lipinski definition) is 3. The second-order valence-electron chi connectivity index (χ2n) is 5.68. The van der Waals surface area contributed by atoms with E-state index in [0.717, 1.165) is 9.87 Å². The van der Waals surface area contributed by atoms with Gasteiger partial charge in [-0.15, -0.1) is 0 Å². The van der Waals surface area contributed by atoms with E-state index in [9.17, 15) is 13.2 Å². The van der Waals surface area contributed by atoms with Gasteiger partial charge in [-0.1, -0.05) is 43.3 Å². The number of nitrogens with one attached hydrogen (secondary N) is 1. The van der Waals surface area contributed by atoms with Crippen molar-refractivity contribution in [3.63, 3.8) is 0 Å². The Morgan fingerprint density at radius 3 is 2.33 bits per heavy atom. The molecule has 0 aliphatic carbocycles. The first-order valence-corrected chi connectivity index (χ1v) is 9.18. The molecule has 2 aromatic rings. The fraction of sp³-hybridized carbons (Fsp3) is 0.278. The minimum Gasteiger partial charge on any atom is -0.326 e. The summed E-state index contributed by atoms with van der Waals surface area (Å²) in [4.78, 5) is 12.7. The van der Waals surface area contributed by atoms with Crippen LogP contribution < -0.4 is 5.32 Å². The van der Waals surface area contributed by atoms with Gasteiger partial charge in [0, 0.05) is 19.8 Å². The fourth-order valence-electron chi connectivity index (χ4n) is 2.43. The lowest BCUT2D eigenvalue weighted by molar-refractivity contribution is -0.117. The molecule has 0 fully saturated rings. The zero-order valence-electron chi connectivity index (χ0n) is 14.1. The van der Waals surface area contributed by atoms with Crippen molar-refractivity contribution < 1.29 is 13.2 Å². The second-order valence-corrected chi connectivity index (χ2v) is 7.83. The van der Waals surface area contributed by atoms with Crippen molar-refractivity contribution >= 4 is 21.6 Å². The van der Waals surface area contributed by atoms with Crippen molar-refractivity contribution in [2.24, 2.45) is 0 Å². The number of hydrogen-bond donors (Lipinski definition) is 1. The van der Waals surface area contributed by atoms with Crippen LogP contribution in [0.15, 0.2) is 59.5 Å². The SMILES string of the molecule is CC[C@@H](C(=O)Nc1cccc(S(=O)(=O)N(C)C)c1)c1ccccc1. The highest BCUT2D eigenvalue weighted by molar-refractivity contribution is 7.89. The van der Waals surface area contributed by atoms with E-state index in [1.54, 1.807) is 12.1 Å². The molecule has 5 nitrogen and oxygen atoms in total. The third kappa shape index (κ3) is 4.01. The Morgan fingerprint density at radius 1 is 1.08 bits per heavy atom. The standard InChI is InChI=1S/C18H22N2O3S/c1-4-17(14-9-6-5-7-10-14)18(21)19-15-11-8-12-16(13-15)24(22,23)20(2)3/h5-13,17H,4H2,1-3H3,(H,19,21)/t17-/m1/s1. The first-order valence-electron chi connectivity index (χ1n) is 7.74. The Labute approximate surface area is 143 Å². The Kier molecular flexibility index (Phi) is 5.75. The molecule has 1 atom stereocenters. The summed E-state index contributed by atoms with van der Waals surface area (Å²) in [6.07, 6.45) is 0.658. The molecule has 0 saturated heterocycles. The van der Waals surface area contributed by atoms with Crippen LogP contribution >= 0.6 is 0 Å². The summed E-state index contributed by atoms with van der Waals surface area (Å²) >= 11 is 0. The van der Waals surface area contributed by atoms with E-state index < -0.39 is 10.0 Å². The topological polar surface area (TPSA) is 66.5 Å². The van der Waals surface area contributed by atoms with E-state index in [0.29, 0.717) is 12.1 Å². The lowest BCUT2D eigenvalue weighted by Crippen LogP contribution is -2.23. The first-order chi connectivity index (χ1) is 11.4. The van der Waals surface area contributed by atoms with Crippen LogP contribution in [0.2, 0.25) is 0 Å². The number of carbonyl (C=O) groups excluding carboxylic acids is 1. The Morgan fingerprint density at radius 2 is 1.75 bits per heavy atom. The molecule has 24 heavy (non-hydrogen) atoms. The largest absolute Gasteiger partial charge is 0.326 e. The van der Waals surface area contributed by atoms with Gasteiger partial charge in [-0.2, -0.15) is 0 Å².